The van der Waals surface area contributed by atoms with E-state index in [-0.39, 0.29) is 11.8 Å². The number of nitrogens with one attached hydrogen (secondary N) is 1. The second-order valence-electron chi connectivity index (χ2n) is 4.68. The molecule has 0 spiro atoms. The van der Waals surface area contributed by atoms with E-state index in [9.17, 15) is 4.79 Å². The summed E-state index contributed by atoms with van der Waals surface area (Å²) in [4.78, 5) is 15.9. The molecule has 17 heavy (non-hydrogen) atoms. The molecule has 1 aromatic rings. The second kappa shape index (κ2) is 5.77. The lowest BCUT2D eigenvalue weighted by atomic mass is 9.86. The van der Waals surface area contributed by atoms with E-state index in [1.807, 2.05) is 12.1 Å². The lowest BCUT2D eigenvalue weighted by Crippen LogP contribution is -2.35. The Hall–Kier alpha value is -1.42. The molecule has 2 rings (SSSR count). The van der Waals surface area contributed by atoms with Crippen LogP contribution < -0.4 is 11.1 Å². The molecule has 0 radical (unpaired) electrons. The molecule has 0 bridgehead atoms. The molecule has 1 heterocycles. The maximum absolute atomic E-state index is 11.9. The summed E-state index contributed by atoms with van der Waals surface area (Å²) < 4.78 is 0. The Morgan fingerprint density at radius 1 is 1.29 bits per heavy atom. The topological polar surface area (TPSA) is 68.0 Å². The van der Waals surface area contributed by atoms with Crippen LogP contribution in [-0.2, 0) is 11.3 Å². The molecular weight excluding hydrogens is 214 g/mol. The number of nitrogens with two attached hydrogens (primary N) is 1. The zero-order valence-electron chi connectivity index (χ0n) is 9.93. The third-order valence-electron chi connectivity index (χ3n) is 3.36. The summed E-state index contributed by atoms with van der Waals surface area (Å²) in [5, 5.41) is 2.98. The molecule has 4 heteroatoms. The molecule has 0 aromatic carbocycles. The molecule has 3 N–H and O–H groups in total. The Morgan fingerprint density at radius 3 is 2.59 bits per heavy atom. The van der Waals surface area contributed by atoms with E-state index in [0.29, 0.717) is 12.6 Å². The van der Waals surface area contributed by atoms with Crippen molar-refractivity contribution in [1.29, 1.82) is 0 Å². The van der Waals surface area contributed by atoms with Gasteiger partial charge in [0, 0.05) is 30.9 Å². The summed E-state index contributed by atoms with van der Waals surface area (Å²) in [6.45, 7) is 0.587. The average molecular weight is 233 g/mol. The monoisotopic (exact) mass is 233 g/mol. The van der Waals surface area contributed by atoms with Gasteiger partial charge in [0.05, 0.1) is 0 Å². The largest absolute Gasteiger partial charge is 0.352 e. The molecule has 0 atom stereocenters. The molecule has 4 nitrogen and oxygen atoms in total. The van der Waals surface area contributed by atoms with Gasteiger partial charge in [0.25, 0.3) is 0 Å². The SMILES string of the molecule is NC1CCC(C(=O)NCc2ccncc2)CC1. The van der Waals surface area contributed by atoms with Gasteiger partial charge in [0.1, 0.15) is 0 Å². The van der Waals surface area contributed by atoms with E-state index >= 15 is 0 Å². The van der Waals surface area contributed by atoms with Crippen molar-refractivity contribution in [2.75, 3.05) is 0 Å². The first-order valence-electron chi connectivity index (χ1n) is 6.18. The lowest BCUT2D eigenvalue weighted by Gasteiger charge is -2.25. The zero-order chi connectivity index (χ0) is 12.1. The number of amides is 1. The van der Waals surface area contributed by atoms with Crippen LogP contribution >= 0.6 is 0 Å². The van der Waals surface area contributed by atoms with Crippen LogP contribution in [0.3, 0.4) is 0 Å². The summed E-state index contributed by atoms with van der Waals surface area (Å²) >= 11 is 0. The fourth-order valence-electron chi connectivity index (χ4n) is 2.22. The summed E-state index contributed by atoms with van der Waals surface area (Å²) in [5.74, 6) is 0.311. The van der Waals surface area contributed by atoms with Gasteiger partial charge in [-0.3, -0.25) is 9.78 Å². The van der Waals surface area contributed by atoms with Crippen molar-refractivity contribution in [2.45, 2.75) is 38.3 Å². The number of carbonyl (C=O) groups excluding carboxylic acids is 1. The predicted molar refractivity (Wildman–Crippen MR) is 66.0 cm³/mol. The Bertz CT molecular complexity index is 358. The first-order chi connectivity index (χ1) is 8.25. The number of carbonyl (C=O) groups is 1. The maximum atomic E-state index is 11.9. The highest BCUT2D eigenvalue weighted by atomic mass is 16.1. The predicted octanol–water partition coefficient (Wildman–Crippen LogP) is 1.22. The van der Waals surface area contributed by atoms with Crippen LogP contribution in [0.15, 0.2) is 24.5 Å². The van der Waals surface area contributed by atoms with Gasteiger partial charge in [-0.05, 0) is 43.4 Å². The number of nitrogens with zero attached hydrogens (tertiary/aromatic N) is 1. The molecule has 1 aliphatic carbocycles. The Kier molecular flexibility index (Phi) is 4.09. The fourth-order valence-corrected chi connectivity index (χ4v) is 2.22. The van der Waals surface area contributed by atoms with Crippen LogP contribution in [0.5, 0.6) is 0 Å². The van der Waals surface area contributed by atoms with Crippen LogP contribution in [-0.4, -0.2) is 16.9 Å². The summed E-state index contributed by atoms with van der Waals surface area (Å²) in [7, 11) is 0. The van der Waals surface area contributed by atoms with Gasteiger partial charge in [0.2, 0.25) is 5.91 Å². The molecule has 1 saturated carbocycles. The summed E-state index contributed by atoms with van der Waals surface area (Å²) in [6.07, 6.45) is 7.25. The van der Waals surface area contributed by atoms with Gasteiger partial charge in [-0.25, -0.2) is 0 Å². The number of aromatic nitrogens is 1. The fraction of sp³-hybridized carbons (Fsp3) is 0.538. The van der Waals surface area contributed by atoms with E-state index in [1.165, 1.54) is 0 Å². The van der Waals surface area contributed by atoms with E-state index < -0.39 is 0 Å². The molecule has 1 amide bonds. The van der Waals surface area contributed by atoms with E-state index in [1.54, 1.807) is 12.4 Å². The van der Waals surface area contributed by atoms with Crippen LogP contribution in [0.25, 0.3) is 0 Å². The van der Waals surface area contributed by atoms with Crippen LogP contribution in [0.4, 0.5) is 0 Å². The molecular formula is C13H19N3O. The van der Waals surface area contributed by atoms with Gasteiger partial charge in [-0.2, -0.15) is 0 Å². The second-order valence-corrected chi connectivity index (χ2v) is 4.68. The quantitative estimate of drug-likeness (QED) is 0.824. The van der Waals surface area contributed by atoms with E-state index in [4.69, 9.17) is 5.73 Å². The van der Waals surface area contributed by atoms with E-state index in [0.717, 1.165) is 31.2 Å². The molecule has 1 aromatic heterocycles. The van der Waals surface area contributed by atoms with Crippen molar-refractivity contribution >= 4 is 5.91 Å². The lowest BCUT2D eigenvalue weighted by molar-refractivity contribution is -0.126. The van der Waals surface area contributed by atoms with Crippen molar-refractivity contribution < 1.29 is 4.79 Å². The minimum atomic E-state index is 0.150. The molecule has 0 aliphatic heterocycles. The van der Waals surface area contributed by atoms with Crippen molar-refractivity contribution in [3.05, 3.63) is 30.1 Å². The van der Waals surface area contributed by atoms with Gasteiger partial charge in [-0.1, -0.05) is 0 Å². The number of hydrogen-bond acceptors (Lipinski definition) is 3. The van der Waals surface area contributed by atoms with Crippen LogP contribution in [0.1, 0.15) is 31.2 Å². The standard InChI is InChI=1S/C13H19N3O/c14-12-3-1-11(2-4-12)13(17)16-9-10-5-7-15-8-6-10/h5-8,11-12H,1-4,9,14H2,(H,16,17). The minimum Gasteiger partial charge on any atom is -0.352 e. The highest BCUT2D eigenvalue weighted by Gasteiger charge is 2.24. The highest BCUT2D eigenvalue weighted by molar-refractivity contribution is 5.78. The third kappa shape index (κ3) is 3.53. The molecule has 1 aliphatic rings. The summed E-state index contributed by atoms with van der Waals surface area (Å²) in [6, 6.07) is 4.12. The molecule has 1 fully saturated rings. The Labute approximate surface area is 102 Å². The average Bonchev–Trinajstić information content (AvgIpc) is 2.38. The van der Waals surface area contributed by atoms with Crippen molar-refractivity contribution in [1.82, 2.24) is 10.3 Å². The van der Waals surface area contributed by atoms with Gasteiger partial charge < -0.3 is 11.1 Å². The van der Waals surface area contributed by atoms with Crippen LogP contribution in [0.2, 0.25) is 0 Å². The Balaban J connectivity index is 1.78. The van der Waals surface area contributed by atoms with Crippen molar-refractivity contribution in [3.63, 3.8) is 0 Å². The van der Waals surface area contributed by atoms with Crippen LogP contribution in [0, 0.1) is 5.92 Å². The summed E-state index contributed by atoms with van der Waals surface area (Å²) in [5.41, 5.74) is 6.91. The van der Waals surface area contributed by atoms with Gasteiger partial charge >= 0.3 is 0 Å². The maximum Gasteiger partial charge on any atom is 0.223 e. The van der Waals surface area contributed by atoms with Crippen molar-refractivity contribution in [2.24, 2.45) is 11.7 Å². The smallest absolute Gasteiger partial charge is 0.223 e. The first kappa shape index (κ1) is 12.0. The van der Waals surface area contributed by atoms with Crippen molar-refractivity contribution in [3.8, 4) is 0 Å². The number of pyridine rings is 1. The molecule has 92 valence electrons. The van der Waals surface area contributed by atoms with Gasteiger partial charge in [-0.15, -0.1) is 0 Å². The molecule has 0 saturated heterocycles. The highest BCUT2D eigenvalue weighted by Crippen LogP contribution is 2.23. The Morgan fingerprint density at radius 2 is 1.94 bits per heavy atom. The molecule has 0 unspecified atom stereocenters. The number of hydrogen-bond donors (Lipinski definition) is 2. The number of rotatable bonds is 3. The van der Waals surface area contributed by atoms with E-state index in [2.05, 4.69) is 10.3 Å². The normalized spacial score (nSPS) is 24.3. The first-order valence-corrected chi connectivity index (χ1v) is 6.18. The van der Waals surface area contributed by atoms with Gasteiger partial charge in [0.15, 0.2) is 0 Å². The minimum absolute atomic E-state index is 0.150. The third-order valence-corrected chi connectivity index (χ3v) is 3.36. The zero-order valence-corrected chi connectivity index (χ0v) is 9.93.